The minimum absolute atomic E-state index is 0.213. The Balaban J connectivity index is 1.39. The van der Waals surface area contributed by atoms with Gasteiger partial charge in [-0.25, -0.2) is 4.98 Å². The zero-order chi connectivity index (χ0) is 19.3. The van der Waals surface area contributed by atoms with Crippen molar-refractivity contribution in [2.24, 2.45) is 0 Å². The van der Waals surface area contributed by atoms with E-state index < -0.39 is 0 Å². The number of thioether (sulfide) groups is 1. The van der Waals surface area contributed by atoms with Crippen LogP contribution in [0.5, 0.6) is 5.75 Å². The number of nitrogens with zero attached hydrogens (tertiary/aromatic N) is 2. The Hall–Kier alpha value is -2.05. The van der Waals surface area contributed by atoms with E-state index in [2.05, 4.69) is 23.2 Å². The van der Waals surface area contributed by atoms with Crippen molar-refractivity contribution < 1.29 is 9.53 Å². The number of benzene rings is 2. The quantitative estimate of drug-likeness (QED) is 0.541. The van der Waals surface area contributed by atoms with Gasteiger partial charge < -0.3 is 9.64 Å². The molecule has 1 aliphatic rings. The second-order valence-corrected chi connectivity index (χ2v) is 9.29. The third-order valence-electron chi connectivity index (χ3n) is 5.20. The van der Waals surface area contributed by atoms with Crippen LogP contribution in [0.3, 0.4) is 0 Å². The Morgan fingerprint density at radius 3 is 2.82 bits per heavy atom. The highest BCUT2D eigenvalue weighted by atomic mass is 32.2. The number of likely N-dealkylation sites (tertiary alicyclic amines) is 1. The first-order chi connectivity index (χ1) is 13.7. The van der Waals surface area contributed by atoms with E-state index in [1.165, 1.54) is 10.3 Å². The molecule has 2 heterocycles. The molecule has 146 valence electrons. The molecule has 6 heteroatoms. The van der Waals surface area contributed by atoms with Crippen molar-refractivity contribution in [2.45, 2.75) is 29.5 Å². The van der Waals surface area contributed by atoms with E-state index in [-0.39, 0.29) is 5.91 Å². The van der Waals surface area contributed by atoms with Gasteiger partial charge in [-0.15, -0.1) is 11.3 Å². The average molecular weight is 413 g/mol. The van der Waals surface area contributed by atoms with Gasteiger partial charge in [-0.05, 0) is 42.7 Å². The van der Waals surface area contributed by atoms with Crippen molar-refractivity contribution >= 4 is 39.2 Å². The molecule has 4 rings (SSSR count). The number of aromatic nitrogens is 1. The molecule has 3 aromatic rings. The summed E-state index contributed by atoms with van der Waals surface area (Å²) in [5, 5.41) is 0. The monoisotopic (exact) mass is 412 g/mol. The number of carbonyl (C=O) groups excluding carboxylic acids is 1. The van der Waals surface area contributed by atoms with Gasteiger partial charge in [0.15, 0.2) is 4.34 Å². The third kappa shape index (κ3) is 4.50. The Kier molecular flexibility index (Phi) is 6.17. The molecule has 0 radical (unpaired) electrons. The summed E-state index contributed by atoms with van der Waals surface area (Å²) in [4.78, 5) is 19.5. The van der Waals surface area contributed by atoms with E-state index in [1.807, 2.05) is 35.2 Å². The Bertz CT molecular complexity index is 906. The molecule has 0 spiro atoms. The van der Waals surface area contributed by atoms with E-state index >= 15 is 0 Å². The number of fused-ring (bicyclic) bond motifs is 1. The summed E-state index contributed by atoms with van der Waals surface area (Å²) in [5.74, 6) is 1.93. The molecule has 28 heavy (non-hydrogen) atoms. The summed E-state index contributed by atoms with van der Waals surface area (Å²) >= 11 is 3.22. The number of rotatable bonds is 5. The topological polar surface area (TPSA) is 42.4 Å². The summed E-state index contributed by atoms with van der Waals surface area (Å²) in [7, 11) is 1.68. The lowest BCUT2D eigenvalue weighted by Gasteiger charge is -2.24. The number of hydrogen-bond acceptors (Lipinski definition) is 5. The van der Waals surface area contributed by atoms with Crippen molar-refractivity contribution in [1.82, 2.24) is 9.88 Å². The fourth-order valence-corrected chi connectivity index (χ4v) is 5.62. The molecule has 0 saturated carbocycles. The van der Waals surface area contributed by atoms with Gasteiger partial charge in [0.25, 0.3) is 0 Å². The van der Waals surface area contributed by atoms with Gasteiger partial charge in [0.2, 0.25) is 5.91 Å². The number of amides is 1. The van der Waals surface area contributed by atoms with Gasteiger partial charge in [0.05, 0.1) is 23.1 Å². The fraction of sp³-hybridized carbons (Fsp3) is 0.364. The number of para-hydroxylation sites is 1. The van der Waals surface area contributed by atoms with Crippen molar-refractivity contribution in [3.63, 3.8) is 0 Å². The lowest BCUT2D eigenvalue weighted by molar-refractivity contribution is -0.128. The van der Waals surface area contributed by atoms with E-state index in [9.17, 15) is 4.79 Å². The number of methoxy groups -OCH3 is 1. The van der Waals surface area contributed by atoms with Crippen molar-refractivity contribution in [2.75, 3.05) is 26.0 Å². The van der Waals surface area contributed by atoms with E-state index in [1.54, 1.807) is 30.2 Å². The van der Waals surface area contributed by atoms with Crippen LogP contribution in [0.4, 0.5) is 0 Å². The Morgan fingerprint density at radius 1 is 1.21 bits per heavy atom. The molecule has 1 unspecified atom stereocenters. The fourth-order valence-electron chi connectivity index (χ4n) is 3.64. The molecule has 0 aliphatic carbocycles. The summed E-state index contributed by atoms with van der Waals surface area (Å²) in [6.45, 7) is 1.65. The Labute approximate surface area is 173 Å². The van der Waals surface area contributed by atoms with Gasteiger partial charge in [0.1, 0.15) is 5.75 Å². The molecular weight excluding hydrogens is 388 g/mol. The first kappa shape index (κ1) is 19.3. The molecule has 0 N–H and O–H groups in total. The summed E-state index contributed by atoms with van der Waals surface area (Å²) in [5.41, 5.74) is 2.30. The van der Waals surface area contributed by atoms with E-state index in [4.69, 9.17) is 4.74 Å². The smallest absolute Gasteiger partial charge is 0.233 e. The molecule has 1 amide bonds. The third-order valence-corrected chi connectivity index (χ3v) is 7.37. The van der Waals surface area contributed by atoms with Crippen molar-refractivity contribution in [3.05, 3.63) is 54.1 Å². The Morgan fingerprint density at radius 2 is 2.04 bits per heavy atom. The molecule has 1 atom stereocenters. The highest BCUT2D eigenvalue weighted by molar-refractivity contribution is 8.01. The van der Waals surface area contributed by atoms with Crippen LogP contribution in [0.25, 0.3) is 10.2 Å². The zero-order valence-corrected chi connectivity index (χ0v) is 17.6. The van der Waals surface area contributed by atoms with Gasteiger partial charge in [-0.2, -0.15) is 0 Å². The van der Waals surface area contributed by atoms with Gasteiger partial charge in [0, 0.05) is 19.0 Å². The van der Waals surface area contributed by atoms with Crippen LogP contribution in [0.2, 0.25) is 0 Å². The van der Waals surface area contributed by atoms with Crippen LogP contribution in [-0.2, 0) is 4.79 Å². The number of thiazole rings is 1. The molecule has 1 fully saturated rings. The van der Waals surface area contributed by atoms with Gasteiger partial charge >= 0.3 is 0 Å². The molecule has 0 bridgehead atoms. The maximum atomic E-state index is 12.9. The van der Waals surface area contributed by atoms with E-state index in [0.717, 1.165) is 48.0 Å². The lowest BCUT2D eigenvalue weighted by atomic mass is 9.94. The van der Waals surface area contributed by atoms with Gasteiger partial charge in [-0.3, -0.25) is 4.79 Å². The minimum atomic E-state index is 0.213. The molecule has 1 aliphatic heterocycles. The lowest BCUT2D eigenvalue weighted by Crippen LogP contribution is -2.35. The first-order valence-electron chi connectivity index (χ1n) is 9.63. The molecule has 1 saturated heterocycles. The summed E-state index contributed by atoms with van der Waals surface area (Å²) < 4.78 is 7.41. The van der Waals surface area contributed by atoms with Gasteiger partial charge in [-0.1, -0.05) is 42.4 Å². The second kappa shape index (κ2) is 8.97. The highest BCUT2D eigenvalue weighted by Gasteiger charge is 2.23. The second-order valence-electron chi connectivity index (χ2n) is 7.04. The number of hydrogen-bond donors (Lipinski definition) is 0. The number of carbonyl (C=O) groups is 1. The minimum Gasteiger partial charge on any atom is -0.497 e. The van der Waals surface area contributed by atoms with Crippen molar-refractivity contribution in [1.29, 1.82) is 0 Å². The van der Waals surface area contributed by atoms with Crippen LogP contribution in [0.15, 0.2) is 52.9 Å². The largest absolute Gasteiger partial charge is 0.497 e. The molecular formula is C22H24N2O2S2. The van der Waals surface area contributed by atoms with Crippen LogP contribution >= 0.6 is 23.1 Å². The first-order valence-corrected chi connectivity index (χ1v) is 11.4. The van der Waals surface area contributed by atoms with Crippen LogP contribution < -0.4 is 4.74 Å². The predicted octanol–water partition coefficient (Wildman–Crippen LogP) is 5.19. The SMILES string of the molecule is COc1ccc(C2CCCCN(C(=O)CSc3nc4ccccc4s3)C2)cc1. The molecule has 2 aromatic carbocycles. The molecule has 4 nitrogen and oxygen atoms in total. The van der Waals surface area contributed by atoms with E-state index in [0.29, 0.717) is 11.7 Å². The normalized spacial score (nSPS) is 17.5. The van der Waals surface area contributed by atoms with Crippen LogP contribution in [-0.4, -0.2) is 41.7 Å². The standard InChI is InChI=1S/C22H24N2O2S2/c1-26-18-11-9-16(10-12-18)17-6-4-5-13-24(14-17)21(25)15-27-22-23-19-7-2-3-8-20(19)28-22/h2-3,7-12,17H,4-6,13-15H2,1H3. The highest BCUT2D eigenvalue weighted by Crippen LogP contribution is 2.31. The van der Waals surface area contributed by atoms with Crippen LogP contribution in [0.1, 0.15) is 30.7 Å². The maximum Gasteiger partial charge on any atom is 0.233 e. The zero-order valence-electron chi connectivity index (χ0n) is 16.0. The molecule has 1 aromatic heterocycles. The van der Waals surface area contributed by atoms with Crippen molar-refractivity contribution in [3.8, 4) is 5.75 Å². The maximum absolute atomic E-state index is 12.9. The predicted molar refractivity (Wildman–Crippen MR) is 117 cm³/mol. The summed E-state index contributed by atoms with van der Waals surface area (Å²) in [6, 6.07) is 16.4. The average Bonchev–Trinajstić information content (AvgIpc) is 2.99. The number of ether oxygens (including phenoxy) is 1. The van der Waals surface area contributed by atoms with Crippen LogP contribution in [0, 0.1) is 0 Å². The summed E-state index contributed by atoms with van der Waals surface area (Å²) in [6.07, 6.45) is 3.36.